The third-order valence-corrected chi connectivity index (χ3v) is 4.00. The van der Waals surface area contributed by atoms with Gasteiger partial charge in [0.05, 0.1) is 5.56 Å². The van der Waals surface area contributed by atoms with E-state index in [-0.39, 0.29) is 11.7 Å². The summed E-state index contributed by atoms with van der Waals surface area (Å²) < 4.78 is 20.8. The van der Waals surface area contributed by atoms with Gasteiger partial charge < -0.3 is 10.3 Å². The lowest BCUT2D eigenvalue weighted by Crippen LogP contribution is -1.90. The van der Waals surface area contributed by atoms with Crippen molar-refractivity contribution in [2.24, 2.45) is 0 Å². The van der Waals surface area contributed by atoms with Crippen LogP contribution >= 0.6 is 31.9 Å². The molecule has 0 saturated carbocycles. The van der Waals surface area contributed by atoms with Gasteiger partial charge in [0.25, 0.3) is 0 Å². The first-order valence-electron chi connectivity index (χ1n) is 6.03. The number of rotatable bonds is 2. The molecule has 6 heteroatoms. The van der Waals surface area contributed by atoms with E-state index in [4.69, 9.17) is 10.3 Å². The quantitative estimate of drug-likeness (QED) is 0.626. The van der Waals surface area contributed by atoms with Gasteiger partial charge in [-0.1, -0.05) is 49.1 Å². The van der Waals surface area contributed by atoms with E-state index in [0.29, 0.717) is 16.8 Å². The van der Waals surface area contributed by atoms with Crippen LogP contribution in [0.15, 0.2) is 55.9 Å². The average Bonchev–Trinajstić information content (AvgIpc) is 2.83. The van der Waals surface area contributed by atoms with E-state index < -0.39 is 0 Å². The van der Waals surface area contributed by atoms with Crippen molar-refractivity contribution in [1.29, 1.82) is 0 Å². The topological polar surface area (TPSA) is 52.0 Å². The Bertz CT molecular complexity index is 817. The fourth-order valence-corrected chi connectivity index (χ4v) is 2.85. The van der Waals surface area contributed by atoms with Crippen molar-refractivity contribution in [2.75, 3.05) is 5.73 Å². The summed E-state index contributed by atoms with van der Waals surface area (Å²) in [5, 5.41) is 3.92. The number of benzene rings is 2. The molecule has 3 rings (SSSR count). The third-order valence-electron chi connectivity index (χ3n) is 3.02. The number of nitrogens with zero attached hydrogens (tertiary/aromatic N) is 1. The van der Waals surface area contributed by atoms with Crippen LogP contribution in [0, 0.1) is 5.82 Å². The monoisotopic (exact) mass is 410 g/mol. The van der Waals surface area contributed by atoms with Gasteiger partial charge in [-0.25, -0.2) is 4.39 Å². The van der Waals surface area contributed by atoms with Crippen molar-refractivity contribution in [3.8, 4) is 22.4 Å². The van der Waals surface area contributed by atoms with Gasteiger partial charge in [0.15, 0.2) is 0 Å². The highest BCUT2D eigenvalue weighted by Crippen LogP contribution is 2.38. The van der Waals surface area contributed by atoms with Gasteiger partial charge in [-0.05, 0) is 35.9 Å². The van der Waals surface area contributed by atoms with Crippen LogP contribution in [0.3, 0.4) is 0 Å². The van der Waals surface area contributed by atoms with E-state index in [1.807, 2.05) is 24.3 Å². The first-order chi connectivity index (χ1) is 10.1. The Hall–Kier alpha value is -1.66. The fourth-order valence-electron chi connectivity index (χ4n) is 2.09. The number of nitrogen functional groups attached to an aromatic ring is 1. The highest BCUT2D eigenvalue weighted by atomic mass is 79.9. The largest absolute Gasteiger partial charge is 0.367 e. The SMILES string of the molecule is Nc1onc(-c2cc(Br)ccc2F)c1-c1cccc(Br)c1. The minimum Gasteiger partial charge on any atom is -0.367 e. The van der Waals surface area contributed by atoms with E-state index in [1.54, 1.807) is 12.1 Å². The predicted molar refractivity (Wildman–Crippen MR) is 87.1 cm³/mol. The maximum Gasteiger partial charge on any atom is 0.230 e. The van der Waals surface area contributed by atoms with Gasteiger partial charge in [0.1, 0.15) is 11.5 Å². The molecule has 1 aromatic heterocycles. The molecule has 106 valence electrons. The first-order valence-corrected chi connectivity index (χ1v) is 7.61. The van der Waals surface area contributed by atoms with Crippen LogP contribution in [0.5, 0.6) is 0 Å². The number of hydrogen-bond donors (Lipinski definition) is 1. The van der Waals surface area contributed by atoms with E-state index in [0.717, 1.165) is 14.5 Å². The Morgan fingerprint density at radius 3 is 2.57 bits per heavy atom. The Kier molecular flexibility index (Phi) is 3.82. The van der Waals surface area contributed by atoms with Crippen LogP contribution in [0.2, 0.25) is 0 Å². The lowest BCUT2D eigenvalue weighted by Gasteiger charge is -2.05. The smallest absolute Gasteiger partial charge is 0.230 e. The minimum atomic E-state index is -0.386. The number of hydrogen-bond acceptors (Lipinski definition) is 3. The summed E-state index contributed by atoms with van der Waals surface area (Å²) in [4.78, 5) is 0. The van der Waals surface area contributed by atoms with E-state index in [1.165, 1.54) is 6.07 Å². The highest BCUT2D eigenvalue weighted by molar-refractivity contribution is 9.10. The Morgan fingerprint density at radius 2 is 1.81 bits per heavy atom. The second-order valence-electron chi connectivity index (χ2n) is 4.40. The zero-order valence-electron chi connectivity index (χ0n) is 10.6. The summed E-state index contributed by atoms with van der Waals surface area (Å²) in [6.07, 6.45) is 0. The Morgan fingerprint density at radius 1 is 1.05 bits per heavy atom. The van der Waals surface area contributed by atoms with Crippen molar-refractivity contribution in [3.63, 3.8) is 0 Å². The van der Waals surface area contributed by atoms with Gasteiger partial charge in [-0.3, -0.25) is 0 Å². The van der Waals surface area contributed by atoms with Gasteiger partial charge >= 0.3 is 0 Å². The number of halogens is 3. The van der Waals surface area contributed by atoms with Crippen LogP contribution in [-0.4, -0.2) is 5.16 Å². The zero-order valence-corrected chi connectivity index (χ0v) is 13.8. The molecule has 3 nitrogen and oxygen atoms in total. The molecule has 0 aliphatic carbocycles. The highest BCUT2D eigenvalue weighted by Gasteiger charge is 2.20. The Balaban J connectivity index is 2.24. The van der Waals surface area contributed by atoms with Gasteiger partial charge in [0, 0.05) is 14.5 Å². The van der Waals surface area contributed by atoms with Gasteiger partial charge in [-0.15, -0.1) is 0 Å². The molecule has 0 aliphatic rings. The first kappa shape index (κ1) is 14.3. The van der Waals surface area contributed by atoms with Gasteiger partial charge in [-0.2, -0.15) is 0 Å². The molecule has 0 unspecified atom stereocenters. The molecule has 0 spiro atoms. The number of aromatic nitrogens is 1. The molecular formula is C15H9Br2FN2O. The van der Waals surface area contributed by atoms with Crippen LogP contribution in [0.25, 0.3) is 22.4 Å². The molecule has 0 aliphatic heterocycles. The van der Waals surface area contributed by atoms with E-state index in [2.05, 4.69) is 37.0 Å². The molecule has 0 atom stereocenters. The molecule has 3 aromatic rings. The maximum atomic E-state index is 14.1. The summed E-state index contributed by atoms with van der Waals surface area (Å²) >= 11 is 6.73. The van der Waals surface area contributed by atoms with Crippen molar-refractivity contribution in [3.05, 3.63) is 57.2 Å². The normalized spacial score (nSPS) is 10.8. The molecule has 2 N–H and O–H groups in total. The van der Waals surface area contributed by atoms with Gasteiger partial charge in [0.2, 0.25) is 5.88 Å². The summed E-state index contributed by atoms with van der Waals surface area (Å²) in [5.74, 6) is -0.231. The van der Waals surface area contributed by atoms with E-state index >= 15 is 0 Å². The van der Waals surface area contributed by atoms with Crippen LogP contribution in [0.1, 0.15) is 0 Å². The fraction of sp³-hybridized carbons (Fsp3) is 0. The van der Waals surface area contributed by atoms with Crippen molar-refractivity contribution in [2.45, 2.75) is 0 Å². The van der Waals surface area contributed by atoms with Crippen LogP contribution in [-0.2, 0) is 0 Å². The summed E-state index contributed by atoms with van der Waals surface area (Å²) in [6.45, 7) is 0. The third kappa shape index (κ3) is 2.73. The molecule has 0 amide bonds. The predicted octanol–water partition coefficient (Wildman–Crippen LogP) is 5.25. The molecule has 21 heavy (non-hydrogen) atoms. The molecule has 2 aromatic carbocycles. The number of anilines is 1. The lowest BCUT2D eigenvalue weighted by atomic mass is 10.0. The van der Waals surface area contributed by atoms with Crippen LogP contribution < -0.4 is 5.73 Å². The molecule has 0 fully saturated rings. The van der Waals surface area contributed by atoms with Crippen molar-refractivity contribution in [1.82, 2.24) is 5.16 Å². The second kappa shape index (κ2) is 5.61. The lowest BCUT2D eigenvalue weighted by molar-refractivity contribution is 0.439. The summed E-state index contributed by atoms with van der Waals surface area (Å²) in [6, 6.07) is 12.2. The summed E-state index contributed by atoms with van der Waals surface area (Å²) in [7, 11) is 0. The van der Waals surface area contributed by atoms with Crippen molar-refractivity contribution < 1.29 is 8.91 Å². The molecule has 0 saturated heterocycles. The second-order valence-corrected chi connectivity index (χ2v) is 6.24. The average molecular weight is 412 g/mol. The maximum absolute atomic E-state index is 14.1. The molecule has 0 radical (unpaired) electrons. The minimum absolute atomic E-state index is 0.155. The van der Waals surface area contributed by atoms with Crippen molar-refractivity contribution >= 4 is 37.7 Å². The summed E-state index contributed by atoms with van der Waals surface area (Å²) in [5.41, 5.74) is 7.96. The standard InChI is InChI=1S/C15H9Br2FN2O/c16-9-3-1-2-8(6-9)13-14(20-21-15(13)19)11-7-10(17)4-5-12(11)18/h1-7H,19H2. The van der Waals surface area contributed by atoms with Crippen LogP contribution in [0.4, 0.5) is 10.3 Å². The van der Waals surface area contributed by atoms with E-state index in [9.17, 15) is 4.39 Å². The zero-order chi connectivity index (χ0) is 15.0. The Labute approximate surface area is 137 Å². The molecular weight excluding hydrogens is 403 g/mol. The molecule has 0 bridgehead atoms. The molecule has 1 heterocycles. The number of nitrogens with two attached hydrogens (primary N) is 1.